The number of carbonyl (C=O) groups is 1. The number of allylic oxidation sites excluding steroid dienone is 4. The quantitative estimate of drug-likeness (QED) is 0.0544. The van der Waals surface area contributed by atoms with Gasteiger partial charge in [-0.2, -0.15) is 8.42 Å². The highest BCUT2D eigenvalue weighted by Crippen LogP contribution is 2.13. The molecule has 0 radical (unpaired) electrons. The van der Waals surface area contributed by atoms with Gasteiger partial charge >= 0.3 is 16.4 Å². The zero-order valence-electron chi connectivity index (χ0n) is 27.8. The van der Waals surface area contributed by atoms with Gasteiger partial charge in [-0.05, 0) is 64.2 Å². The third-order valence-corrected chi connectivity index (χ3v) is 8.57. The molecule has 0 spiro atoms. The molecule has 0 atom stereocenters. The lowest BCUT2D eigenvalue weighted by Crippen LogP contribution is -2.16. The second kappa shape index (κ2) is 32.8. The molecule has 0 saturated carbocycles. The molecule has 0 rings (SSSR count). The average Bonchev–Trinajstić information content (AvgIpc) is 2.96. The highest BCUT2D eigenvalue weighted by Gasteiger charge is 2.17. The van der Waals surface area contributed by atoms with Crippen molar-refractivity contribution >= 4 is 16.4 Å². The van der Waals surface area contributed by atoms with Gasteiger partial charge < -0.3 is 4.18 Å². The van der Waals surface area contributed by atoms with Gasteiger partial charge in [0.25, 0.3) is 0 Å². The van der Waals surface area contributed by atoms with Crippen molar-refractivity contribution in [2.45, 2.75) is 194 Å². The lowest BCUT2D eigenvalue weighted by Gasteiger charge is -2.06. The minimum Gasteiger partial charge on any atom is -0.325 e. The predicted molar refractivity (Wildman–Crippen MR) is 180 cm³/mol. The zero-order valence-corrected chi connectivity index (χ0v) is 28.6. The first-order chi connectivity index (χ1) is 20.5. The normalized spacial score (nSPS) is 12.1. The van der Waals surface area contributed by atoms with E-state index in [0.717, 1.165) is 57.8 Å². The van der Waals surface area contributed by atoms with Gasteiger partial charge in [0.2, 0.25) is 0 Å². The molecule has 0 fully saturated rings. The predicted octanol–water partition coefficient (Wildman–Crippen LogP) is 11.9. The summed E-state index contributed by atoms with van der Waals surface area (Å²) >= 11 is 0. The Hall–Kier alpha value is -1.14. The van der Waals surface area contributed by atoms with Crippen molar-refractivity contribution in [2.24, 2.45) is 0 Å². The minimum absolute atomic E-state index is 0.0736. The summed E-state index contributed by atoms with van der Waals surface area (Å²) in [5.74, 6) is -0.714. The molecule has 0 aromatic rings. The van der Waals surface area contributed by atoms with E-state index in [1.165, 1.54) is 103 Å². The highest BCUT2D eigenvalue weighted by atomic mass is 32.3. The van der Waals surface area contributed by atoms with Gasteiger partial charge in [-0.1, -0.05) is 147 Å². The SMILES string of the molecule is CCCCCCCC/C=C\CCCCCCCCOS(=O)(=O)OC(=O)CCCCCCC/C=C\CCCCCCCC. The number of carbonyl (C=O) groups excluding carboxylic acids is 1. The van der Waals surface area contributed by atoms with Crippen LogP contribution in [0.4, 0.5) is 0 Å². The Kier molecular flexibility index (Phi) is 31.9. The van der Waals surface area contributed by atoms with Crippen LogP contribution >= 0.6 is 0 Å². The first-order valence-corrected chi connectivity index (χ1v) is 19.3. The Bertz CT molecular complexity index is 729. The van der Waals surface area contributed by atoms with Crippen LogP contribution in [0.25, 0.3) is 0 Å². The third-order valence-electron chi connectivity index (χ3n) is 7.72. The summed E-state index contributed by atoms with van der Waals surface area (Å²) < 4.78 is 33.2. The van der Waals surface area contributed by atoms with Crippen LogP contribution in [0.1, 0.15) is 194 Å². The summed E-state index contributed by atoms with van der Waals surface area (Å²) in [6, 6.07) is 0. The topological polar surface area (TPSA) is 69.7 Å². The van der Waals surface area contributed by atoms with Crippen molar-refractivity contribution < 1.29 is 21.6 Å². The smallest absolute Gasteiger partial charge is 0.325 e. The van der Waals surface area contributed by atoms with Gasteiger partial charge in [0.05, 0.1) is 6.61 Å². The zero-order chi connectivity index (χ0) is 30.8. The van der Waals surface area contributed by atoms with Crippen molar-refractivity contribution in [2.75, 3.05) is 6.61 Å². The number of unbranched alkanes of at least 4 members (excludes halogenated alkanes) is 23. The third kappa shape index (κ3) is 33.4. The fourth-order valence-corrected chi connectivity index (χ4v) is 5.71. The van der Waals surface area contributed by atoms with E-state index in [-0.39, 0.29) is 13.0 Å². The van der Waals surface area contributed by atoms with Crippen molar-refractivity contribution in [3.05, 3.63) is 24.3 Å². The van der Waals surface area contributed by atoms with Crippen LogP contribution in [0.15, 0.2) is 24.3 Å². The van der Waals surface area contributed by atoms with Crippen LogP contribution in [0, 0.1) is 0 Å². The Labute approximate surface area is 262 Å². The molecule has 0 unspecified atom stereocenters. The molecule has 0 N–H and O–H groups in total. The fraction of sp³-hybridized carbons (Fsp3) is 0.861. The van der Waals surface area contributed by atoms with Crippen LogP contribution in [-0.2, 0) is 23.6 Å². The Morgan fingerprint density at radius 2 is 0.810 bits per heavy atom. The van der Waals surface area contributed by atoms with Crippen molar-refractivity contribution in [1.82, 2.24) is 0 Å². The maximum atomic E-state index is 11.9. The van der Waals surface area contributed by atoms with E-state index in [2.05, 4.69) is 42.3 Å². The summed E-state index contributed by atoms with van der Waals surface area (Å²) in [6.07, 6.45) is 41.4. The van der Waals surface area contributed by atoms with E-state index in [4.69, 9.17) is 4.18 Å². The molecule has 0 heterocycles. The van der Waals surface area contributed by atoms with Crippen LogP contribution in [-0.4, -0.2) is 21.0 Å². The number of hydrogen-bond acceptors (Lipinski definition) is 5. The number of rotatable bonds is 33. The molecule has 0 bridgehead atoms. The van der Waals surface area contributed by atoms with Crippen molar-refractivity contribution in [3.63, 3.8) is 0 Å². The Balaban J connectivity index is 3.49. The maximum absolute atomic E-state index is 11.9. The monoisotopic (exact) mass is 612 g/mol. The maximum Gasteiger partial charge on any atom is 0.451 e. The van der Waals surface area contributed by atoms with Crippen LogP contribution < -0.4 is 0 Å². The van der Waals surface area contributed by atoms with Crippen molar-refractivity contribution in [3.8, 4) is 0 Å². The minimum atomic E-state index is -4.24. The van der Waals surface area contributed by atoms with Crippen LogP contribution in [0.3, 0.4) is 0 Å². The molecule has 5 nitrogen and oxygen atoms in total. The summed E-state index contributed by atoms with van der Waals surface area (Å²) in [6.45, 7) is 4.58. The van der Waals surface area contributed by atoms with E-state index < -0.39 is 16.4 Å². The van der Waals surface area contributed by atoms with Gasteiger partial charge in [0.1, 0.15) is 0 Å². The van der Waals surface area contributed by atoms with Gasteiger partial charge in [0, 0.05) is 6.42 Å². The lowest BCUT2D eigenvalue weighted by molar-refractivity contribution is -0.134. The Morgan fingerprint density at radius 3 is 1.21 bits per heavy atom. The molecular formula is C36H68O5S. The lowest BCUT2D eigenvalue weighted by atomic mass is 10.1. The second-order valence-electron chi connectivity index (χ2n) is 12.0. The molecule has 0 aliphatic carbocycles. The summed E-state index contributed by atoms with van der Waals surface area (Å²) in [7, 11) is -4.24. The summed E-state index contributed by atoms with van der Waals surface area (Å²) in [5.41, 5.74) is 0. The summed E-state index contributed by atoms with van der Waals surface area (Å²) in [5, 5.41) is 0. The number of hydrogen-bond donors (Lipinski definition) is 0. The van der Waals surface area contributed by atoms with Gasteiger partial charge in [-0.3, -0.25) is 4.79 Å². The molecule has 0 aliphatic heterocycles. The molecule has 42 heavy (non-hydrogen) atoms. The average molecular weight is 613 g/mol. The first kappa shape index (κ1) is 40.9. The fourth-order valence-electron chi connectivity index (χ4n) is 5.03. The first-order valence-electron chi connectivity index (χ1n) is 17.9. The van der Waals surface area contributed by atoms with E-state index in [1.54, 1.807) is 0 Å². The second-order valence-corrected chi connectivity index (χ2v) is 13.2. The molecule has 0 amide bonds. The van der Waals surface area contributed by atoms with E-state index in [9.17, 15) is 13.2 Å². The Morgan fingerprint density at radius 1 is 0.476 bits per heavy atom. The van der Waals surface area contributed by atoms with Crippen LogP contribution in [0.2, 0.25) is 0 Å². The molecule has 0 aromatic carbocycles. The van der Waals surface area contributed by atoms with Crippen LogP contribution in [0.5, 0.6) is 0 Å². The molecule has 6 heteroatoms. The van der Waals surface area contributed by atoms with E-state index in [1.807, 2.05) is 0 Å². The molecule has 0 saturated heterocycles. The standard InChI is InChI=1S/C36H68O5S/c1-3-5-7-9-11-13-15-17-19-21-23-25-27-29-31-33-35-40-42(38,39)41-36(37)34-32-30-28-26-24-22-20-18-16-14-12-10-8-6-4-2/h17-20H,3-16,21-35H2,1-2H3/b19-17-,20-18-. The van der Waals surface area contributed by atoms with Gasteiger partial charge in [-0.25, -0.2) is 4.18 Å². The molecule has 0 aromatic heterocycles. The summed E-state index contributed by atoms with van der Waals surface area (Å²) in [4.78, 5) is 11.9. The van der Waals surface area contributed by atoms with Gasteiger partial charge in [0.15, 0.2) is 0 Å². The molecule has 248 valence electrons. The highest BCUT2D eigenvalue weighted by molar-refractivity contribution is 7.82. The largest absolute Gasteiger partial charge is 0.451 e. The van der Waals surface area contributed by atoms with Gasteiger partial charge in [-0.15, -0.1) is 0 Å². The van der Waals surface area contributed by atoms with E-state index in [0.29, 0.717) is 12.8 Å². The molecular weight excluding hydrogens is 544 g/mol. The molecule has 0 aliphatic rings. The van der Waals surface area contributed by atoms with E-state index >= 15 is 0 Å². The van der Waals surface area contributed by atoms with Crippen molar-refractivity contribution in [1.29, 1.82) is 0 Å².